The fraction of sp³-hybridized carbons (Fsp3) is 0.889. The van der Waals surface area contributed by atoms with E-state index in [9.17, 15) is 9.90 Å². The molecular weight excluding hydrogens is 170 g/mol. The van der Waals surface area contributed by atoms with Crippen LogP contribution in [0.25, 0.3) is 0 Å². The van der Waals surface area contributed by atoms with Crippen molar-refractivity contribution in [2.24, 2.45) is 0 Å². The fourth-order valence-corrected chi connectivity index (χ4v) is 1.40. The van der Waals surface area contributed by atoms with Gasteiger partial charge in [-0.15, -0.1) is 0 Å². The van der Waals surface area contributed by atoms with Crippen LogP contribution in [0.5, 0.6) is 0 Å². The average molecular weight is 189 g/mol. The van der Waals surface area contributed by atoms with Crippen LogP contribution >= 0.6 is 0 Å². The topological polar surface area (TPSA) is 60.8 Å². The Morgan fingerprint density at radius 1 is 1.54 bits per heavy atom. The largest absolute Gasteiger partial charge is 0.480 e. The van der Waals surface area contributed by atoms with Crippen LogP contribution in [0.1, 0.15) is 27.2 Å². The lowest BCUT2D eigenvalue weighted by atomic mass is 10.1. The summed E-state index contributed by atoms with van der Waals surface area (Å²) in [7, 11) is 1.71. The summed E-state index contributed by atoms with van der Waals surface area (Å²) in [4.78, 5) is 12.4. The zero-order chi connectivity index (χ0) is 10.6. The quantitative estimate of drug-likeness (QED) is 0.663. The number of hydrogen-bond donors (Lipinski definition) is 2. The highest BCUT2D eigenvalue weighted by molar-refractivity contribution is 5.73. The molecule has 0 heterocycles. The van der Waals surface area contributed by atoms with E-state index in [2.05, 4.69) is 0 Å². The van der Waals surface area contributed by atoms with Gasteiger partial charge >= 0.3 is 5.97 Å². The maximum atomic E-state index is 10.7. The normalized spacial score (nSPS) is 14.6. The molecule has 0 aromatic heterocycles. The molecule has 0 aromatic carbocycles. The molecule has 0 saturated heterocycles. The molecular formula is C9H19NO3. The van der Waals surface area contributed by atoms with Crippen molar-refractivity contribution in [1.29, 1.82) is 0 Å². The van der Waals surface area contributed by atoms with Gasteiger partial charge < -0.3 is 10.2 Å². The number of aliphatic hydroxyl groups is 1. The summed E-state index contributed by atoms with van der Waals surface area (Å²) < 4.78 is 0. The third kappa shape index (κ3) is 4.85. The van der Waals surface area contributed by atoms with Crippen LogP contribution < -0.4 is 0 Å². The molecule has 78 valence electrons. The summed E-state index contributed by atoms with van der Waals surface area (Å²) in [5.74, 6) is -0.839. The van der Waals surface area contributed by atoms with Crippen LogP contribution in [0.4, 0.5) is 0 Å². The van der Waals surface area contributed by atoms with Crippen molar-refractivity contribution in [3.05, 3.63) is 0 Å². The molecule has 13 heavy (non-hydrogen) atoms. The molecule has 0 aliphatic rings. The minimum absolute atomic E-state index is 0.359. The third-order valence-corrected chi connectivity index (χ3v) is 1.84. The molecule has 0 aromatic rings. The second-order valence-electron chi connectivity index (χ2n) is 3.99. The van der Waals surface area contributed by atoms with Crippen molar-refractivity contribution in [2.75, 3.05) is 13.6 Å². The number of rotatable bonds is 5. The summed E-state index contributed by atoms with van der Waals surface area (Å²) in [5.41, 5.74) is -0.850. The lowest BCUT2D eigenvalue weighted by Crippen LogP contribution is -2.45. The lowest BCUT2D eigenvalue weighted by Gasteiger charge is -2.29. The summed E-state index contributed by atoms with van der Waals surface area (Å²) in [5, 5.41) is 18.3. The number of hydrogen-bond acceptors (Lipinski definition) is 3. The summed E-state index contributed by atoms with van der Waals surface area (Å²) >= 11 is 0. The van der Waals surface area contributed by atoms with Crippen LogP contribution in [0.2, 0.25) is 0 Å². The Kier molecular flexibility index (Phi) is 4.36. The minimum atomic E-state index is -0.850. The van der Waals surface area contributed by atoms with E-state index in [1.165, 1.54) is 0 Å². The number of carboxylic acids is 1. The lowest BCUT2D eigenvalue weighted by molar-refractivity contribution is -0.143. The number of nitrogens with zero attached hydrogens (tertiary/aromatic N) is 1. The maximum absolute atomic E-state index is 10.7. The fourth-order valence-electron chi connectivity index (χ4n) is 1.40. The highest BCUT2D eigenvalue weighted by atomic mass is 16.4. The van der Waals surface area contributed by atoms with E-state index >= 15 is 0 Å². The van der Waals surface area contributed by atoms with Gasteiger partial charge in [0.25, 0.3) is 0 Å². The van der Waals surface area contributed by atoms with Crippen molar-refractivity contribution in [3.8, 4) is 0 Å². The Morgan fingerprint density at radius 3 is 2.23 bits per heavy atom. The van der Waals surface area contributed by atoms with Crippen LogP contribution in [-0.2, 0) is 4.79 Å². The van der Waals surface area contributed by atoms with Crippen molar-refractivity contribution in [1.82, 2.24) is 4.90 Å². The van der Waals surface area contributed by atoms with E-state index in [0.717, 1.165) is 0 Å². The van der Waals surface area contributed by atoms with Crippen molar-refractivity contribution >= 4 is 5.97 Å². The van der Waals surface area contributed by atoms with Gasteiger partial charge in [-0.3, -0.25) is 9.69 Å². The Hall–Kier alpha value is -0.610. The molecule has 1 atom stereocenters. The first-order valence-electron chi connectivity index (χ1n) is 4.43. The van der Waals surface area contributed by atoms with Crippen LogP contribution in [-0.4, -0.2) is 46.3 Å². The Labute approximate surface area is 79.2 Å². The molecule has 0 fully saturated rings. The van der Waals surface area contributed by atoms with Crippen LogP contribution in [0.15, 0.2) is 0 Å². The van der Waals surface area contributed by atoms with Crippen molar-refractivity contribution in [2.45, 2.75) is 38.8 Å². The number of likely N-dealkylation sites (N-methyl/N-ethyl adjacent to an activating group) is 1. The maximum Gasteiger partial charge on any atom is 0.320 e. The van der Waals surface area contributed by atoms with Gasteiger partial charge in [0.2, 0.25) is 0 Å². The molecule has 0 aliphatic carbocycles. The number of aliphatic carboxylic acids is 1. The zero-order valence-electron chi connectivity index (χ0n) is 8.74. The monoisotopic (exact) mass is 189 g/mol. The molecule has 0 aliphatic heterocycles. The first-order valence-corrected chi connectivity index (χ1v) is 4.43. The standard InChI is InChI=1S/C9H19NO3/c1-5-7(8(11)12)10(4)6-9(2,3)13/h7,13H,5-6H2,1-4H3,(H,11,12). The van der Waals surface area contributed by atoms with Gasteiger partial charge in [0.05, 0.1) is 5.60 Å². The SMILES string of the molecule is CCC(C(=O)O)N(C)CC(C)(C)O. The Balaban J connectivity index is 4.22. The molecule has 4 nitrogen and oxygen atoms in total. The second-order valence-corrected chi connectivity index (χ2v) is 3.99. The first kappa shape index (κ1) is 12.4. The van der Waals surface area contributed by atoms with Gasteiger partial charge in [-0.25, -0.2) is 0 Å². The van der Waals surface area contributed by atoms with E-state index < -0.39 is 17.6 Å². The highest BCUT2D eigenvalue weighted by Crippen LogP contribution is 2.08. The summed E-state index contributed by atoms with van der Waals surface area (Å²) in [6, 6.07) is -0.508. The molecule has 4 heteroatoms. The summed E-state index contributed by atoms with van der Waals surface area (Å²) in [6.45, 7) is 5.51. The molecule has 0 rings (SSSR count). The van der Waals surface area contributed by atoms with Gasteiger partial charge in [-0.1, -0.05) is 6.92 Å². The molecule has 2 N–H and O–H groups in total. The van der Waals surface area contributed by atoms with Crippen molar-refractivity contribution < 1.29 is 15.0 Å². The third-order valence-electron chi connectivity index (χ3n) is 1.84. The molecule has 0 bridgehead atoms. The average Bonchev–Trinajstić information content (AvgIpc) is 1.82. The summed E-state index contributed by atoms with van der Waals surface area (Å²) in [6.07, 6.45) is 0.544. The molecule has 0 saturated carbocycles. The van der Waals surface area contributed by atoms with Gasteiger partial charge in [0.1, 0.15) is 6.04 Å². The van der Waals surface area contributed by atoms with Crippen LogP contribution in [0.3, 0.4) is 0 Å². The van der Waals surface area contributed by atoms with E-state index in [0.29, 0.717) is 13.0 Å². The predicted molar refractivity (Wildman–Crippen MR) is 50.6 cm³/mol. The first-order chi connectivity index (χ1) is 5.78. The van der Waals surface area contributed by atoms with E-state index in [-0.39, 0.29) is 0 Å². The number of carboxylic acid groups (broad SMARTS) is 1. The zero-order valence-corrected chi connectivity index (χ0v) is 8.74. The highest BCUT2D eigenvalue weighted by Gasteiger charge is 2.25. The van der Waals surface area contributed by atoms with E-state index in [1.54, 1.807) is 25.8 Å². The van der Waals surface area contributed by atoms with Gasteiger partial charge in [-0.2, -0.15) is 0 Å². The molecule has 1 unspecified atom stereocenters. The smallest absolute Gasteiger partial charge is 0.320 e. The van der Waals surface area contributed by atoms with Crippen LogP contribution in [0, 0.1) is 0 Å². The second kappa shape index (κ2) is 4.58. The van der Waals surface area contributed by atoms with Gasteiger partial charge in [0, 0.05) is 6.54 Å². The minimum Gasteiger partial charge on any atom is -0.480 e. The number of carbonyl (C=O) groups is 1. The molecule has 0 spiro atoms. The molecule has 0 radical (unpaired) electrons. The van der Waals surface area contributed by atoms with E-state index in [4.69, 9.17) is 5.11 Å². The Morgan fingerprint density at radius 2 is 2.00 bits per heavy atom. The Bertz CT molecular complexity index is 174. The van der Waals surface area contributed by atoms with Gasteiger partial charge in [-0.05, 0) is 27.3 Å². The van der Waals surface area contributed by atoms with E-state index in [1.807, 2.05) is 6.92 Å². The van der Waals surface area contributed by atoms with Gasteiger partial charge in [0.15, 0.2) is 0 Å². The predicted octanol–water partition coefficient (Wildman–Crippen LogP) is 0.552. The molecule has 0 amide bonds. The van der Waals surface area contributed by atoms with Crippen molar-refractivity contribution in [3.63, 3.8) is 0 Å².